The molecule has 0 unspecified atom stereocenters. The first kappa shape index (κ1) is 13.2. The molecule has 0 aliphatic heterocycles. The molecule has 0 spiro atoms. The normalized spacial score (nSPS) is 12.1. The molecule has 6 heteroatoms. The average molecular weight is 240 g/mol. The summed E-state index contributed by atoms with van der Waals surface area (Å²) < 4.78 is 6.64. The Morgan fingerprint density at radius 2 is 2.29 bits per heavy atom. The minimum Gasteiger partial charge on any atom is -0.480 e. The van der Waals surface area contributed by atoms with Gasteiger partial charge in [0.15, 0.2) is 0 Å². The zero-order valence-electron chi connectivity index (χ0n) is 9.84. The highest BCUT2D eigenvalue weighted by atomic mass is 16.5. The highest BCUT2D eigenvalue weighted by Gasteiger charge is 2.17. The predicted octanol–water partition coefficient (Wildman–Crippen LogP) is 0.337. The second-order valence-electron chi connectivity index (χ2n) is 3.61. The van der Waals surface area contributed by atoms with Crippen molar-refractivity contribution in [1.29, 1.82) is 0 Å². The van der Waals surface area contributed by atoms with Crippen molar-refractivity contribution in [2.24, 2.45) is 0 Å². The van der Waals surface area contributed by atoms with E-state index in [4.69, 9.17) is 9.84 Å². The van der Waals surface area contributed by atoms with Crippen LogP contribution in [0.3, 0.4) is 0 Å². The van der Waals surface area contributed by atoms with E-state index >= 15 is 0 Å². The molecule has 0 aromatic carbocycles. The molecule has 94 valence electrons. The van der Waals surface area contributed by atoms with Gasteiger partial charge in [0.25, 0.3) is 5.91 Å². The van der Waals surface area contributed by atoms with Crippen LogP contribution >= 0.6 is 0 Å². The number of hydrogen-bond donors (Lipinski definition) is 2. The first-order valence-electron chi connectivity index (χ1n) is 5.24. The van der Waals surface area contributed by atoms with Crippen LogP contribution in [-0.2, 0) is 16.1 Å². The summed E-state index contributed by atoms with van der Waals surface area (Å²) in [6.45, 7) is 2.46. The lowest BCUT2D eigenvalue weighted by atomic mass is 10.3. The van der Waals surface area contributed by atoms with Crippen LogP contribution in [0, 0.1) is 0 Å². The fourth-order valence-corrected chi connectivity index (χ4v) is 1.34. The quantitative estimate of drug-likeness (QED) is 0.751. The van der Waals surface area contributed by atoms with E-state index in [1.807, 2.05) is 0 Å². The lowest BCUT2D eigenvalue weighted by Gasteiger charge is -2.11. The fourth-order valence-electron chi connectivity index (χ4n) is 1.34. The van der Waals surface area contributed by atoms with Gasteiger partial charge in [-0.15, -0.1) is 0 Å². The molecule has 17 heavy (non-hydrogen) atoms. The van der Waals surface area contributed by atoms with E-state index in [0.717, 1.165) is 0 Å². The third kappa shape index (κ3) is 3.60. The molecule has 0 aliphatic carbocycles. The molecule has 0 bridgehead atoms. The van der Waals surface area contributed by atoms with Crippen LogP contribution in [0.2, 0.25) is 0 Å². The first-order valence-corrected chi connectivity index (χ1v) is 5.24. The molecule has 0 radical (unpaired) electrons. The number of carbonyl (C=O) groups excluding carboxylic acids is 1. The van der Waals surface area contributed by atoms with Gasteiger partial charge in [-0.1, -0.05) is 0 Å². The zero-order chi connectivity index (χ0) is 12.8. The molecule has 2 N–H and O–H groups in total. The van der Waals surface area contributed by atoms with Gasteiger partial charge in [-0.25, -0.2) is 0 Å². The summed E-state index contributed by atoms with van der Waals surface area (Å²) in [5.74, 6) is -1.46. The number of carboxylic acids is 1. The second-order valence-corrected chi connectivity index (χ2v) is 3.61. The predicted molar refractivity (Wildman–Crippen MR) is 60.9 cm³/mol. The molecule has 1 heterocycles. The van der Waals surface area contributed by atoms with Crippen LogP contribution in [-0.4, -0.2) is 41.3 Å². The second kappa shape index (κ2) is 6.05. The monoisotopic (exact) mass is 240 g/mol. The number of nitrogens with one attached hydrogen (secondary N) is 1. The number of rotatable bonds is 6. The molecule has 1 aromatic rings. The molecule has 6 nitrogen and oxygen atoms in total. The topological polar surface area (TPSA) is 80.6 Å². The Kier molecular flexibility index (Phi) is 4.71. The van der Waals surface area contributed by atoms with E-state index < -0.39 is 17.9 Å². The highest BCUT2D eigenvalue weighted by molar-refractivity contribution is 5.95. The number of amides is 1. The van der Waals surface area contributed by atoms with Crippen LogP contribution in [0.15, 0.2) is 18.3 Å². The average Bonchev–Trinajstić information content (AvgIpc) is 2.74. The van der Waals surface area contributed by atoms with E-state index in [1.54, 1.807) is 30.0 Å². The molecule has 0 saturated carbocycles. The number of carbonyl (C=O) groups is 2. The Morgan fingerprint density at radius 3 is 2.88 bits per heavy atom. The van der Waals surface area contributed by atoms with E-state index in [0.29, 0.717) is 18.8 Å². The minimum atomic E-state index is -1.06. The molecular weight excluding hydrogens is 224 g/mol. The summed E-state index contributed by atoms with van der Waals surface area (Å²) in [6, 6.07) is 2.46. The van der Waals surface area contributed by atoms with Crippen LogP contribution in [0.25, 0.3) is 0 Å². The lowest BCUT2D eigenvalue weighted by Crippen LogP contribution is -2.39. The van der Waals surface area contributed by atoms with Crippen molar-refractivity contribution in [1.82, 2.24) is 9.88 Å². The molecule has 1 atom stereocenters. The Labute approximate surface area is 99.2 Å². The van der Waals surface area contributed by atoms with Crippen molar-refractivity contribution < 1.29 is 19.4 Å². The Balaban J connectivity index is 2.68. The van der Waals surface area contributed by atoms with Gasteiger partial charge >= 0.3 is 5.97 Å². The number of aromatic nitrogens is 1. The largest absolute Gasteiger partial charge is 0.480 e. The number of hydrogen-bond acceptors (Lipinski definition) is 3. The minimum absolute atomic E-state index is 0.402. The number of ether oxygens (including phenoxy) is 1. The van der Waals surface area contributed by atoms with Crippen molar-refractivity contribution in [3.8, 4) is 0 Å². The maximum absolute atomic E-state index is 11.8. The molecular formula is C11H16N2O4. The summed E-state index contributed by atoms with van der Waals surface area (Å²) in [6.07, 6.45) is 1.75. The maximum atomic E-state index is 11.8. The molecule has 0 saturated heterocycles. The van der Waals surface area contributed by atoms with Crippen molar-refractivity contribution in [2.75, 3.05) is 13.7 Å². The van der Waals surface area contributed by atoms with Crippen molar-refractivity contribution in [2.45, 2.75) is 19.5 Å². The third-order valence-electron chi connectivity index (χ3n) is 2.32. The molecule has 1 rings (SSSR count). The standard InChI is InChI=1S/C11H16N2O4/c1-8(11(15)16)12-10(14)9-4-3-5-13(9)6-7-17-2/h3-5,8H,6-7H2,1-2H3,(H,12,14)(H,15,16)/t8-/m0/s1. The van der Waals surface area contributed by atoms with Crippen molar-refractivity contribution >= 4 is 11.9 Å². The Hall–Kier alpha value is -1.82. The molecule has 1 aromatic heterocycles. The van der Waals surface area contributed by atoms with Gasteiger partial charge < -0.3 is 19.7 Å². The van der Waals surface area contributed by atoms with E-state index in [1.165, 1.54) is 6.92 Å². The van der Waals surface area contributed by atoms with Crippen LogP contribution in [0.5, 0.6) is 0 Å². The van der Waals surface area contributed by atoms with Gasteiger partial charge in [0.1, 0.15) is 11.7 Å². The summed E-state index contributed by atoms with van der Waals surface area (Å²) in [5.41, 5.74) is 0.426. The van der Waals surface area contributed by atoms with E-state index in [2.05, 4.69) is 5.32 Å². The maximum Gasteiger partial charge on any atom is 0.325 e. The summed E-state index contributed by atoms with van der Waals surface area (Å²) in [5, 5.41) is 11.1. The zero-order valence-corrected chi connectivity index (χ0v) is 9.84. The van der Waals surface area contributed by atoms with E-state index in [9.17, 15) is 9.59 Å². The first-order chi connectivity index (χ1) is 8.06. The van der Waals surface area contributed by atoms with Gasteiger partial charge in [0.05, 0.1) is 6.61 Å². The molecule has 1 amide bonds. The van der Waals surface area contributed by atoms with Crippen LogP contribution in [0.4, 0.5) is 0 Å². The van der Waals surface area contributed by atoms with Gasteiger partial charge in [-0.05, 0) is 19.1 Å². The summed E-state index contributed by atoms with van der Waals surface area (Å²) in [7, 11) is 1.58. The van der Waals surface area contributed by atoms with Crippen molar-refractivity contribution in [3.05, 3.63) is 24.0 Å². The van der Waals surface area contributed by atoms with Crippen LogP contribution < -0.4 is 5.32 Å². The number of nitrogens with zero attached hydrogens (tertiary/aromatic N) is 1. The van der Waals surface area contributed by atoms with E-state index in [-0.39, 0.29) is 0 Å². The molecule has 0 fully saturated rings. The third-order valence-corrected chi connectivity index (χ3v) is 2.32. The SMILES string of the molecule is COCCn1cccc1C(=O)N[C@@H](C)C(=O)O. The smallest absolute Gasteiger partial charge is 0.325 e. The number of aliphatic carboxylic acids is 1. The molecule has 0 aliphatic rings. The lowest BCUT2D eigenvalue weighted by molar-refractivity contribution is -0.138. The van der Waals surface area contributed by atoms with Gasteiger partial charge in [-0.2, -0.15) is 0 Å². The highest BCUT2D eigenvalue weighted by Crippen LogP contribution is 2.03. The Bertz CT molecular complexity index is 400. The number of methoxy groups -OCH3 is 1. The number of carboxylic acid groups (broad SMARTS) is 1. The van der Waals surface area contributed by atoms with Gasteiger partial charge in [0.2, 0.25) is 0 Å². The summed E-state index contributed by atoms with van der Waals surface area (Å²) >= 11 is 0. The Morgan fingerprint density at radius 1 is 1.59 bits per heavy atom. The van der Waals surface area contributed by atoms with Gasteiger partial charge in [-0.3, -0.25) is 9.59 Å². The fraction of sp³-hybridized carbons (Fsp3) is 0.455. The van der Waals surface area contributed by atoms with Crippen molar-refractivity contribution in [3.63, 3.8) is 0 Å². The van der Waals surface area contributed by atoms with Gasteiger partial charge in [0, 0.05) is 19.9 Å². The summed E-state index contributed by atoms with van der Waals surface area (Å²) in [4.78, 5) is 22.4. The van der Waals surface area contributed by atoms with Crippen LogP contribution in [0.1, 0.15) is 17.4 Å².